The molecule has 0 atom stereocenters. The van der Waals surface area contributed by atoms with Gasteiger partial charge in [0.05, 0.1) is 0 Å². The molecule has 0 aromatic heterocycles. The quantitative estimate of drug-likeness (QED) is 0.270. The van der Waals surface area contributed by atoms with E-state index < -0.39 is 0 Å². The molecule has 0 saturated carbocycles. The molecule has 1 rings (SSSR count). The van der Waals surface area contributed by atoms with Crippen molar-refractivity contribution in [3.63, 3.8) is 0 Å². The van der Waals surface area contributed by atoms with Gasteiger partial charge in [-0.1, -0.05) is 29.1 Å². The highest BCUT2D eigenvalue weighted by Crippen LogP contribution is 2.03. The smallest absolute Gasteiger partial charge is 0.0367 e. The van der Waals surface area contributed by atoms with Crippen LogP contribution in [0.25, 0.3) is 10.4 Å². The first-order valence-electron chi connectivity index (χ1n) is 5.10. The summed E-state index contributed by atoms with van der Waals surface area (Å²) in [6, 6.07) is 8.07. The van der Waals surface area contributed by atoms with Gasteiger partial charge in [0, 0.05) is 30.0 Å². The minimum atomic E-state index is 0.430. The van der Waals surface area contributed by atoms with Gasteiger partial charge in [-0.3, -0.25) is 0 Å². The predicted octanol–water partition coefficient (Wildman–Crippen LogP) is 2.46. The van der Waals surface area contributed by atoms with Crippen LogP contribution in [-0.2, 0) is 6.54 Å². The van der Waals surface area contributed by atoms with Crippen molar-refractivity contribution in [1.29, 1.82) is 0 Å². The Bertz CT molecular complexity index is 436. The SMILES string of the molecule is CNCc1cccc(C#CCCN=[N+]=[N-])c1. The molecule has 0 saturated heterocycles. The molecule has 4 heteroatoms. The van der Waals surface area contributed by atoms with E-state index >= 15 is 0 Å². The van der Waals surface area contributed by atoms with Crippen LogP contribution in [0.3, 0.4) is 0 Å². The highest BCUT2D eigenvalue weighted by molar-refractivity contribution is 5.37. The summed E-state index contributed by atoms with van der Waals surface area (Å²) < 4.78 is 0. The van der Waals surface area contributed by atoms with Crippen molar-refractivity contribution >= 4 is 0 Å². The van der Waals surface area contributed by atoms with Gasteiger partial charge in [0.25, 0.3) is 0 Å². The number of rotatable bonds is 4. The van der Waals surface area contributed by atoms with Crippen LogP contribution in [0.4, 0.5) is 0 Å². The van der Waals surface area contributed by atoms with Crippen LogP contribution in [0, 0.1) is 11.8 Å². The topological polar surface area (TPSA) is 60.8 Å². The number of benzene rings is 1. The summed E-state index contributed by atoms with van der Waals surface area (Å²) in [7, 11) is 1.91. The molecule has 0 unspecified atom stereocenters. The van der Waals surface area contributed by atoms with Crippen molar-refractivity contribution in [2.45, 2.75) is 13.0 Å². The summed E-state index contributed by atoms with van der Waals surface area (Å²) in [5.74, 6) is 6.01. The fourth-order valence-electron chi connectivity index (χ4n) is 1.28. The fourth-order valence-corrected chi connectivity index (χ4v) is 1.28. The van der Waals surface area contributed by atoms with E-state index in [4.69, 9.17) is 5.53 Å². The maximum Gasteiger partial charge on any atom is 0.0367 e. The Balaban J connectivity index is 2.58. The van der Waals surface area contributed by atoms with Crippen LogP contribution in [0.2, 0.25) is 0 Å². The molecule has 0 aliphatic heterocycles. The second-order valence-electron chi connectivity index (χ2n) is 3.24. The maximum atomic E-state index is 8.08. The van der Waals surface area contributed by atoms with E-state index in [1.165, 1.54) is 5.56 Å². The number of nitrogens with zero attached hydrogens (tertiary/aromatic N) is 3. The molecule has 1 aromatic carbocycles. The second kappa shape index (κ2) is 7.36. The molecule has 82 valence electrons. The lowest BCUT2D eigenvalue weighted by atomic mass is 10.1. The van der Waals surface area contributed by atoms with E-state index in [2.05, 4.69) is 39.3 Å². The molecule has 0 aliphatic carbocycles. The molecule has 1 N–H and O–H groups in total. The van der Waals surface area contributed by atoms with Crippen LogP contribution >= 0.6 is 0 Å². The molecular formula is C12H14N4. The zero-order valence-electron chi connectivity index (χ0n) is 9.27. The summed E-state index contributed by atoms with van der Waals surface area (Å²) in [6.45, 7) is 1.27. The van der Waals surface area contributed by atoms with E-state index in [1.54, 1.807) is 0 Å². The zero-order valence-corrected chi connectivity index (χ0v) is 9.27. The van der Waals surface area contributed by atoms with Gasteiger partial charge in [-0.25, -0.2) is 0 Å². The molecule has 16 heavy (non-hydrogen) atoms. The number of azide groups is 1. The van der Waals surface area contributed by atoms with E-state index in [0.29, 0.717) is 13.0 Å². The molecule has 0 fully saturated rings. The molecule has 0 amide bonds. The number of nitrogens with one attached hydrogen (secondary N) is 1. The first-order valence-corrected chi connectivity index (χ1v) is 5.10. The third-order valence-corrected chi connectivity index (χ3v) is 1.94. The van der Waals surface area contributed by atoms with Gasteiger partial charge in [-0.15, -0.1) is 0 Å². The lowest BCUT2D eigenvalue weighted by Crippen LogP contribution is -2.04. The highest BCUT2D eigenvalue weighted by Gasteiger charge is 1.91. The normalized spacial score (nSPS) is 8.81. The molecule has 0 radical (unpaired) electrons. The van der Waals surface area contributed by atoms with Gasteiger partial charge < -0.3 is 5.32 Å². The highest BCUT2D eigenvalue weighted by atomic mass is 15.1. The maximum absolute atomic E-state index is 8.08. The van der Waals surface area contributed by atoms with E-state index in [9.17, 15) is 0 Å². The molecule has 0 heterocycles. The van der Waals surface area contributed by atoms with Crippen molar-refractivity contribution in [2.24, 2.45) is 5.11 Å². The van der Waals surface area contributed by atoms with Crippen molar-refractivity contribution in [1.82, 2.24) is 5.32 Å². The Labute approximate surface area is 95.3 Å². The fraction of sp³-hybridized carbons (Fsp3) is 0.333. The Morgan fingerprint density at radius 1 is 1.50 bits per heavy atom. The van der Waals surface area contributed by atoms with E-state index in [1.807, 2.05) is 19.2 Å². The van der Waals surface area contributed by atoms with E-state index in [-0.39, 0.29) is 0 Å². The van der Waals surface area contributed by atoms with Crippen molar-refractivity contribution < 1.29 is 0 Å². The summed E-state index contributed by atoms with van der Waals surface area (Å²) in [4.78, 5) is 2.67. The van der Waals surface area contributed by atoms with Gasteiger partial charge in [-0.2, -0.15) is 0 Å². The van der Waals surface area contributed by atoms with Gasteiger partial charge in [-0.05, 0) is 30.3 Å². The van der Waals surface area contributed by atoms with Crippen LogP contribution in [-0.4, -0.2) is 13.6 Å². The van der Waals surface area contributed by atoms with Crippen LogP contribution in [0.15, 0.2) is 29.4 Å². The minimum Gasteiger partial charge on any atom is -0.316 e. The van der Waals surface area contributed by atoms with Crippen molar-refractivity contribution in [2.75, 3.05) is 13.6 Å². The van der Waals surface area contributed by atoms with Crippen LogP contribution in [0.5, 0.6) is 0 Å². The first-order chi connectivity index (χ1) is 7.86. The lowest BCUT2D eigenvalue weighted by Gasteiger charge is -1.99. The van der Waals surface area contributed by atoms with Crippen LogP contribution in [0.1, 0.15) is 17.5 Å². The average Bonchev–Trinajstić information content (AvgIpc) is 2.30. The molecule has 4 nitrogen and oxygen atoms in total. The Morgan fingerprint density at radius 3 is 3.12 bits per heavy atom. The first kappa shape index (κ1) is 12.1. The minimum absolute atomic E-state index is 0.430. The summed E-state index contributed by atoms with van der Waals surface area (Å²) in [5, 5.41) is 6.51. The predicted molar refractivity (Wildman–Crippen MR) is 64.7 cm³/mol. The third kappa shape index (κ3) is 4.52. The van der Waals surface area contributed by atoms with Gasteiger partial charge in [0.15, 0.2) is 0 Å². The van der Waals surface area contributed by atoms with Gasteiger partial charge in [0.1, 0.15) is 0 Å². The van der Waals surface area contributed by atoms with Gasteiger partial charge in [0.2, 0.25) is 0 Å². The van der Waals surface area contributed by atoms with Crippen LogP contribution < -0.4 is 5.32 Å². The Morgan fingerprint density at radius 2 is 2.38 bits per heavy atom. The van der Waals surface area contributed by atoms with Gasteiger partial charge >= 0.3 is 0 Å². The molecular weight excluding hydrogens is 200 g/mol. The summed E-state index contributed by atoms with van der Waals surface area (Å²) in [5.41, 5.74) is 10.3. The summed E-state index contributed by atoms with van der Waals surface area (Å²) in [6.07, 6.45) is 0.598. The summed E-state index contributed by atoms with van der Waals surface area (Å²) >= 11 is 0. The lowest BCUT2D eigenvalue weighted by molar-refractivity contribution is 0.817. The second-order valence-corrected chi connectivity index (χ2v) is 3.24. The monoisotopic (exact) mass is 214 g/mol. The standard InChI is InChI=1S/C12H14N4/c1-14-10-12-7-4-6-11(9-12)5-2-3-8-15-16-13/h4,6-7,9,14H,3,8,10H2,1H3. The molecule has 0 aliphatic rings. The third-order valence-electron chi connectivity index (χ3n) is 1.94. The number of hydrogen-bond acceptors (Lipinski definition) is 2. The molecule has 1 aromatic rings. The molecule has 0 spiro atoms. The number of hydrogen-bond donors (Lipinski definition) is 1. The average molecular weight is 214 g/mol. The molecule has 0 bridgehead atoms. The van der Waals surface area contributed by atoms with Crippen molar-refractivity contribution in [3.05, 3.63) is 45.8 Å². The van der Waals surface area contributed by atoms with Crippen molar-refractivity contribution in [3.8, 4) is 11.8 Å². The largest absolute Gasteiger partial charge is 0.316 e. The Hall–Kier alpha value is -1.95. The Kier molecular flexibility index (Phi) is 5.57. The zero-order chi connectivity index (χ0) is 11.6. The van der Waals surface area contributed by atoms with E-state index in [0.717, 1.165) is 12.1 Å².